The van der Waals surface area contributed by atoms with Crippen LogP contribution in [-0.4, -0.2) is 16.0 Å². The Balaban J connectivity index is 2.21. The van der Waals surface area contributed by atoms with Crippen molar-refractivity contribution in [3.05, 3.63) is 41.4 Å². The van der Waals surface area contributed by atoms with Gasteiger partial charge in [-0.25, -0.2) is 0 Å². The molecule has 0 aliphatic carbocycles. The minimum atomic E-state index is 0.535. The number of benzene rings is 1. The van der Waals surface area contributed by atoms with E-state index < -0.39 is 0 Å². The van der Waals surface area contributed by atoms with Crippen LogP contribution in [0, 0.1) is 0 Å². The second kappa shape index (κ2) is 5.32. The quantitative estimate of drug-likeness (QED) is 0.636. The van der Waals surface area contributed by atoms with Crippen LogP contribution in [0.2, 0.25) is 0 Å². The first-order chi connectivity index (χ1) is 7.79. The van der Waals surface area contributed by atoms with Gasteiger partial charge in [-0.05, 0) is 18.2 Å². The van der Waals surface area contributed by atoms with Crippen molar-refractivity contribution in [3.63, 3.8) is 0 Å². The molecule has 0 fully saturated rings. The van der Waals surface area contributed by atoms with Gasteiger partial charge in [-0.2, -0.15) is 0 Å². The van der Waals surface area contributed by atoms with E-state index in [9.17, 15) is 0 Å². The van der Waals surface area contributed by atoms with Gasteiger partial charge in [0.1, 0.15) is 0 Å². The Morgan fingerprint density at radius 1 is 1.44 bits per heavy atom. The summed E-state index contributed by atoms with van der Waals surface area (Å²) < 4.78 is 6.49. The Morgan fingerprint density at radius 3 is 3.06 bits per heavy atom. The SMILES string of the molecule is C=CCSc1nnc(-c2cccc(Br)c2)o1. The van der Waals surface area contributed by atoms with E-state index in [0.29, 0.717) is 11.1 Å². The van der Waals surface area contributed by atoms with Gasteiger partial charge in [0.25, 0.3) is 5.22 Å². The molecule has 0 N–H and O–H groups in total. The summed E-state index contributed by atoms with van der Waals surface area (Å²) >= 11 is 4.87. The van der Waals surface area contributed by atoms with Crippen molar-refractivity contribution in [2.45, 2.75) is 5.22 Å². The average molecular weight is 297 g/mol. The Hall–Kier alpha value is -1.07. The third-order valence-corrected chi connectivity index (χ3v) is 3.11. The third kappa shape index (κ3) is 2.74. The molecule has 1 heterocycles. The van der Waals surface area contributed by atoms with E-state index in [2.05, 4.69) is 32.7 Å². The summed E-state index contributed by atoms with van der Waals surface area (Å²) in [6, 6.07) is 7.75. The van der Waals surface area contributed by atoms with Crippen LogP contribution in [0.3, 0.4) is 0 Å². The van der Waals surface area contributed by atoms with Crippen molar-refractivity contribution in [2.24, 2.45) is 0 Å². The second-order valence-corrected chi connectivity index (χ2v) is 4.87. The van der Waals surface area contributed by atoms with E-state index >= 15 is 0 Å². The molecule has 0 spiro atoms. The minimum Gasteiger partial charge on any atom is -0.411 e. The molecule has 0 radical (unpaired) electrons. The van der Waals surface area contributed by atoms with Crippen LogP contribution >= 0.6 is 27.7 Å². The molecule has 3 nitrogen and oxygen atoms in total. The minimum absolute atomic E-state index is 0.535. The number of hydrogen-bond donors (Lipinski definition) is 0. The highest BCUT2D eigenvalue weighted by Gasteiger charge is 2.08. The number of nitrogens with zero attached hydrogens (tertiary/aromatic N) is 2. The van der Waals surface area contributed by atoms with Gasteiger partial charge in [-0.1, -0.05) is 39.8 Å². The Bertz CT molecular complexity index is 498. The Morgan fingerprint density at radius 2 is 2.31 bits per heavy atom. The molecule has 0 atom stereocenters. The molecule has 1 aromatic heterocycles. The standard InChI is InChI=1S/C11H9BrN2OS/c1-2-6-16-11-14-13-10(15-11)8-4-3-5-9(12)7-8/h2-5,7H,1,6H2. The number of rotatable bonds is 4. The van der Waals surface area contributed by atoms with Crippen LogP contribution in [0.25, 0.3) is 11.5 Å². The van der Waals surface area contributed by atoms with Crippen LogP contribution in [-0.2, 0) is 0 Å². The summed E-state index contributed by atoms with van der Waals surface area (Å²) in [4.78, 5) is 0. The predicted octanol–water partition coefficient (Wildman–Crippen LogP) is 3.78. The molecular weight excluding hydrogens is 288 g/mol. The summed E-state index contributed by atoms with van der Waals surface area (Å²) in [6.07, 6.45) is 1.80. The maximum Gasteiger partial charge on any atom is 0.277 e. The van der Waals surface area contributed by atoms with Crippen LogP contribution in [0.1, 0.15) is 0 Å². The number of halogens is 1. The normalized spacial score (nSPS) is 10.3. The largest absolute Gasteiger partial charge is 0.411 e. The van der Waals surface area contributed by atoms with Gasteiger partial charge in [-0.15, -0.1) is 16.8 Å². The highest BCUT2D eigenvalue weighted by molar-refractivity contribution is 9.10. The van der Waals surface area contributed by atoms with Gasteiger partial charge >= 0.3 is 0 Å². The lowest BCUT2D eigenvalue weighted by Gasteiger charge is -1.94. The van der Waals surface area contributed by atoms with Crippen molar-refractivity contribution in [1.29, 1.82) is 0 Å². The molecule has 82 valence electrons. The maximum atomic E-state index is 5.50. The summed E-state index contributed by atoms with van der Waals surface area (Å²) in [5.41, 5.74) is 0.910. The molecule has 0 amide bonds. The first kappa shape index (κ1) is 11.4. The molecule has 0 unspecified atom stereocenters. The average Bonchev–Trinajstić information content (AvgIpc) is 2.75. The van der Waals surface area contributed by atoms with Crippen molar-refractivity contribution < 1.29 is 4.42 Å². The molecule has 0 aliphatic heterocycles. The molecule has 5 heteroatoms. The lowest BCUT2D eigenvalue weighted by molar-refractivity contribution is 0.466. The van der Waals surface area contributed by atoms with E-state index in [1.165, 1.54) is 11.8 Å². The number of thioether (sulfide) groups is 1. The van der Waals surface area contributed by atoms with E-state index in [1.54, 1.807) is 6.08 Å². The van der Waals surface area contributed by atoms with E-state index in [0.717, 1.165) is 15.8 Å². The highest BCUT2D eigenvalue weighted by atomic mass is 79.9. The summed E-state index contributed by atoms with van der Waals surface area (Å²) in [5, 5.41) is 8.50. The van der Waals surface area contributed by atoms with Gasteiger partial charge < -0.3 is 4.42 Å². The summed E-state index contributed by atoms with van der Waals surface area (Å²) in [5.74, 6) is 1.30. The lowest BCUT2D eigenvalue weighted by Crippen LogP contribution is -1.76. The number of aromatic nitrogens is 2. The zero-order valence-electron chi connectivity index (χ0n) is 8.39. The van der Waals surface area contributed by atoms with Crippen molar-refractivity contribution in [3.8, 4) is 11.5 Å². The molecular formula is C11H9BrN2OS. The fraction of sp³-hybridized carbons (Fsp3) is 0.0909. The van der Waals surface area contributed by atoms with Crippen molar-refractivity contribution in [1.82, 2.24) is 10.2 Å². The molecule has 2 aromatic rings. The fourth-order valence-corrected chi connectivity index (χ4v) is 2.03. The topological polar surface area (TPSA) is 38.9 Å². The monoisotopic (exact) mass is 296 g/mol. The zero-order valence-corrected chi connectivity index (χ0v) is 10.8. The molecule has 0 aliphatic rings. The zero-order chi connectivity index (χ0) is 11.4. The summed E-state index contributed by atoms with van der Waals surface area (Å²) in [7, 11) is 0. The first-order valence-electron chi connectivity index (χ1n) is 4.63. The van der Waals surface area contributed by atoms with Gasteiger partial charge in [-0.3, -0.25) is 0 Å². The third-order valence-electron chi connectivity index (χ3n) is 1.80. The Labute approximate surface area is 106 Å². The van der Waals surface area contributed by atoms with Crippen LogP contribution < -0.4 is 0 Å². The predicted molar refractivity (Wildman–Crippen MR) is 68.4 cm³/mol. The maximum absolute atomic E-state index is 5.50. The molecule has 1 aromatic carbocycles. The highest BCUT2D eigenvalue weighted by Crippen LogP contribution is 2.25. The summed E-state index contributed by atoms with van der Waals surface area (Å²) in [6.45, 7) is 3.64. The molecule has 0 saturated heterocycles. The van der Waals surface area contributed by atoms with E-state index in [-0.39, 0.29) is 0 Å². The molecule has 16 heavy (non-hydrogen) atoms. The van der Waals surface area contributed by atoms with E-state index in [1.807, 2.05) is 24.3 Å². The molecule has 2 rings (SSSR count). The van der Waals surface area contributed by atoms with Gasteiger partial charge in [0.15, 0.2) is 0 Å². The fourth-order valence-electron chi connectivity index (χ4n) is 1.14. The van der Waals surface area contributed by atoms with Crippen molar-refractivity contribution >= 4 is 27.7 Å². The van der Waals surface area contributed by atoms with Crippen molar-refractivity contribution in [2.75, 3.05) is 5.75 Å². The lowest BCUT2D eigenvalue weighted by atomic mass is 10.2. The Kier molecular flexibility index (Phi) is 3.79. The van der Waals surface area contributed by atoms with Gasteiger partial charge in [0.2, 0.25) is 5.89 Å². The van der Waals surface area contributed by atoms with Crippen LogP contribution in [0.5, 0.6) is 0 Å². The molecule has 0 bridgehead atoms. The second-order valence-electron chi connectivity index (χ2n) is 2.98. The van der Waals surface area contributed by atoms with E-state index in [4.69, 9.17) is 4.42 Å². The van der Waals surface area contributed by atoms with Gasteiger partial charge in [0.05, 0.1) is 0 Å². The molecule has 0 saturated carbocycles. The van der Waals surface area contributed by atoms with Crippen LogP contribution in [0.15, 0.2) is 51.0 Å². The van der Waals surface area contributed by atoms with Crippen LogP contribution in [0.4, 0.5) is 0 Å². The van der Waals surface area contributed by atoms with Gasteiger partial charge in [0, 0.05) is 15.8 Å². The first-order valence-corrected chi connectivity index (χ1v) is 6.40. The smallest absolute Gasteiger partial charge is 0.277 e. The number of hydrogen-bond acceptors (Lipinski definition) is 4.